The van der Waals surface area contributed by atoms with Gasteiger partial charge >= 0.3 is 0 Å². The van der Waals surface area contributed by atoms with Gasteiger partial charge in [-0.3, -0.25) is 4.79 Å². The number of aromatic amines is 1. The summed E-state index contributed by atoms with van der Waals surface area (Å²) in [4.78, 5) is 19.7. The third-order valence-corrected chi connectivity index (χ3v) is 4.11. The first-order valence-corrected chi connectivity index (χ1v) is 8.88. The summed E-state index contributed by atoms with van der Waals surface area (Å²) >= 11 is 6.21. The zero-order valence-electron chi connectivity index (χ0n) is 15.1. The standard InChI is InChI=1S/C20H20ClN3O3/c1-3-27-17-11-13(10-14(21)20(17)26-2)8-9-19(25)22-12-18-23-15-6-4-5-7-16(15)24-18/h4-11H,3,12H2,1-2H3,(H,22,25)(H,23,24)/b9-8+. The number of nitrogens with zero attached hydrogens (tertiary/aromatic N) is 1. The number of fused-ring (bicyclic) bond motifs is 1. The highest BCUT2D eigenvalue weighted by molar-refractivity contribution is 6.32. The third kappa shape index (κ3) is 4.60. The summed E-state index contributed by atoms with van der Waals surface area (Å²) in [6.45, 7) is 2.67. The van der Waals surface area contributed by atoms with Gasteiger partial charge in [0.2, 0.25) is 5.91 Å². The second-order valence-corrected chi connectivity index (χ2v) is 6.13. The van der Waals surface area contributed by atoms with E-state index in [2.05, 4.69) is 15.3 Å². The number of hydrogen-bond donors (Lipinski definition) is 2. The Hall–Kier alpha value is -2.99. The van der Waals surface area contributed by atoms with Crippen LogP contribution in [-0.4, -0.2) is 29.6 Å². The molecule has 0 aliphatic carbocycles. The lowest BCUT2D eigenvalue weighted by molar-refractivity contribution is -0.116. The zero-order valence-corrected chi connectivity index (χ0v) is 15.8. The van der Waals surface area contributed by atoms with Crippen LogP contribution in [0.15, 0.2) is 42.5 Å². The van der Waals surface area contributed by atoms with E-state index in [1.807, 2.05) is 31.2 Å². The van der Waals surface area contributed by atoms with Crippen molar-refractivity contribution < 1.29 is 14.3 Å². The van der Waals surface area contributed by atoms with E-state index >= 15 is 0 Å². The van der Waals surface area contributed by atoms with E-state index in [9.17, 15) is 4.79 Å². The van der Waals surface area contributed by atoms with E-state index < -0.39 is 0 Å². The number of halogens is 1. The van der Waals surface area contributed by atoms with Crippen molar-refractivity contribution in [3.63, 3.8) is 0 Å². The number of rotatable bonds is 7. The van der Waals surface area contributed by atoms with Gasteiger partial charge in [0.15, 0.2) is 11.5 Å². The van der Waals surface area contributed by atoms with Crippen LogP contribution in [0, 0.1) is 0 Å². The van der Waals surface area contributed by atoms with Gasteiger partial charge in [0.25, 0.3) is 0 Å². The molecule has 0 atom stereocenters. The SMILES string of the molecule is CCOc1cc(/C=C/C(=O)NCc2nc3ccccc3[nH]2)cc(Cl)c1OC. The van der Waals surface area contributed by atoms with Crippen molar-refractivity contribution in [1.82, 2.24) is 15.3 Å². The summed E-state index contributed by atoms with van der Waals surface area (Å²) in [7, 11) is 1.53. The van der Waals surface area contributed by atoms with E-state index in [0.29, 0.717) is 35.5 Å². The van der Waals surface area contributed by atoms with Gasteiger partial charge < -0.3 is 19.8 Å². The van der Waals surface area contributed by atoms with Gasteiger partial charge in [-0.2, -0.15) is 0 Å². The van der Waals surface area contributed by atoms with Gasteiger partial charge in [0, 0.05) is 6.08 Å². The Bertz CT molecular complexity index is 949. The fraction of sp³-hybridized carbons (Fsp3) is 0.200. The Balaban J connectivity index is 1.65. The van der Waals surface area contributed by atoms with Crippen molar-refractivity contribution >= 4 is 34.6 Å². The maximum absolute atomic E-state index is 12.1. The van der Waals surface area contributed by atoms with Crippen LogP contribution >= 0.6 is 11.6 Å². The molecule has 140 valence electrons. The topological polar surface area (TPSA) is 76.2 Å². The number of carbonyl (C=O) groups excluding carboxylic acids is 1. The predicted molar refractivity (Wildman–Crippen MR) is 106 cm³/mol. The lowest BCUT2D eigenvalue weighted by Crippen LogP contribution is -2.20. The number of imidazole rings is 1. The van der Waals surface area contributed by atoms with E-state index in [-0.39, 0.29) is 5.91 Å². The molecule has 3 rings (SSSR count). The largest absolute Gasteiger partial charge is 0.491 e. The Morgan fingerprint density at radius 1 is 1.33 bits per heavy atom. The Kier molecular flexibility index (Phi) is 5.98. The first kappa shape index (κ1) is 18.8. The fourth-order valence-corrected chi connectivity index (χ4v) is 2.93. The number of para-hydroxylation sites is 2. The second-order valence-electron chi connectivity index (χ2n) is 5.72. The quantitative estimate of drug-likeness (QED) is 0.604. The van der Waals surface area contributed by atoms with Gasteiger partial charge in [0.1, 0.15) is 5.82 Å². The van der Waals surface area contributed by atoms with Gasteiger partial charge in [-0.25, -0.2) is 4.98 Å². The minimum Gasteiger partial charge on any atom is -0.491 e. The Morgan fingerprint density at radius 2 is 2.15 bits per heavy atom. The van der Waals surface area contributed by atoms with Crippen LogP contribution in [0.3, 0.4) is 0 Å². The summed E-state index contributed by atoms with van der Waals surface area (Å²) < 4.78 is 10.8. The van der Waals surface area contributed by atoms with Crippen molar-refractivity contribution in [1.29, 1.82) is 0 Å². The van der Waals surface area contributed by atoms with Gasteiger partial charge in [-0.05, 0) is 42.8 Å². The monoisotopic (exact) mass is 385 g/mol. The fourth-order valence-electron chi connectivity index (χ4n) is 2.64. The maximum atomic E-state index is 12.1. The molecule has 1 aromatic heterocycles. The van der Waals surface area contributed by atoms with Crippen LogP contribution < -0.4 is 14.8 Å². The predicted octanol–water partition coefficient (Wildman–Crippen LogP) is 3.95. The van der Waals surface area contributed by atoms with Crippen molar-refractivity contribution in [3.05, 3.63) is 58.9 Å². The molecule has 0 fully saturated rings. The molecule has 0 saturated carbocycles. The van der Waals surface area contributed by atoms with Crippen molar-refractivity contribution in [2.45, 2.75) is 13.5 Å². The number of carbonyl (C=O) groups is 1. The number of ether oxygens (including phenoxy) is 2. The van der Waals surface area contributed by atoms with Crippen LogP contribution in [0.4, 0.5) is 0 Å². The molecule has 7 heteroatoms. The van der Waals surface area contributed by atoms with E-state index in [1.54, 1.807) is 18.2 Å². The average Bonchev–Trinajstić information content (AvgIpc) is 3.08. The summed E-state index contributed by atoms with van der Waals surface area (Å²) in [6.07, 6.45) is 3.11. The van der Waals surface area contributed by atoms with Crippen LogP contribution in [-0.2, 0) is 11.3 Å². The minimum absolute atomic E-state index is 0.236. The smallest absolute Gasteiger partial charge is 0.244 e. The van der Waals surface area contributed by atoms with Gasteiger partial charge in [-0.1, -0.05) is 23.7 Å². The molecule has 3 aromatic rings. The number of benzene rings is 2. The number of nitrogens with one attached hydrogen (secondary N) is 2. The number of methoxy groups -OCH3 is 1. The zero-order chi connectivity index (χ0) is 19.2. The molecule has 2 aromatic carbocycles. The molecular formula is C20H20ClN3O3. The molecule has 2 N–H and O–H groups in total. The highest BCUT2D eigenvalue weighted by Gasteiger charge is 2.10. The van der Waals surface area contributed by atoms with E-state index in [0.717, 1.165) is 16.6 Å². The number of aromatic nitrogens is 2. The summed E-state index contributed by atoms with van der Waals surface area (Å²) in [5, 5.41) is 3.22. The Morgan fingerprint density at radius 3 is 2.89 bits per heavy atom. The van der Waals surface area contributed by atoms with Crippen molar-refractivity contribution in [2.24, 2.45) is 0 Å². The molecule has 0 aliphatic heterocycles. The maximum Gasteiger partial charge on any atom is 0.244 e. The molecule has 0 radical (unpaired) electrons. The second kappa shape index (κ2) is 8.60. The van der Waals surface area contributed by atoms with Crippen LogP contribution in [0.25, 0.3) is 17.1 Å². The normalized spacial score (nSPS) is 11.1. The number of H-pyrrole nitrogens is 1. The van der Waals surface area contributed by atoms with Crippen molar-refractivity contribution in [2.75, 3.05) is 13.7 Å². The molecule has 6 nitrogen and oxygen atoms in total. The average molecular weight is 386 g/mol. The molecule has 1 heterocycles. The molecule has 1 amide bonds. The minimum atomic E-state index is -0.236. The summed E-state index contributed by atoms with van der Waals surface area (Å²) in [5.74, 6) is 1.48. The first-order chi connectivity index (χ1) is 13.1. The van der Waals surface area contributed by atoms with Gasteiger partial charge in [-0.15, -0.1) is 0 Å². The first-order valence-electron chi connectivity index (χ1n) is 8.50. The number of hydrogen-bond acceptors (Lipinski definition) is 4. The Labute approximate surface area is 162 Å². The third-order valence-electron chi connectivity index (χ3n) is 3.83. The summed E-state index contributed by atoms with van der Waals surface area (Å²) in [6, 6.07) is 11.2. The molecule has 0 saturated heterocycles. The molecule has 0 unspecified atom stereocenters. The lowest BCUT2D eigenvalue weighted by atomic mass is 10.2. The molecule has 27 heavy (non-hydrogen) atoms. The van der Waals surface area contributed by atoms with E-state index in [4.69, 9.17) is 21.1 Å². The molecule has 0 spiro atoms. The highest BCUT2D eigenvalue weighted by Crippen LogP contribution is 2.36. The highest BCUT2D eigenvalue weighted by atomic mass is 35.5. The molecular weight excluding hydrogens is 366 g/mol. The lowest BCUT2D eigenvalue weighted by Gasteiger charge is -2.11. The molecule has 0 aliphatic rings. The number of amides is 1. The van der Waals surface area contributed by atoms with Crippen LogP contribution in [0.5, 0.6) is 11.5 Å². The summed E-state index contributed by atoms with van der Waals surface area (Å²) in [5.41, 5.74) is 2.55. The van der Waals surface area contributed by atoms with Crippen LogP contribution in [0.2, 0.25) is 5.02 Å². The van der Waals surface area contributed by atoms with Crippen LogP contribution in [0.1, 0.15) is 18.3 Å². The van der Waals surface area contributed by atoms with E-state index in [1.165, 1.54) is 13.2 Å². The van der Waals surface area contributed by atoms with Crippen molar-refractivity contribution in [3.8, 4) is 11.5 Å². The van der Waals surface area contributed by atoms with Gasteiger partial charge in [0.05, 0.1) is 36.3 Å². The molecule has 0 bridgehead atoms.